The van der Waals surface area contributed by atoms with Crippen molar-refractivity contribution in [1.29, 1.82) is 0 Å². The van der Waals surface area contributed by atoms with E-state index in [1.807, 2.05) is 24.4 Å². The molecular formula is C15H20N2O3. The van der Waals surface area contributed by atoms with Crippen LogP contribution < -0.4 is 10.5 Å². The van der Waals surface area contributed by atoms with E-state index >= 15 is 0 Å². The van der Waals surface area contributed by atoms with Crippen LogP contribution in [-0.2, 0) is 11.2 Å². The number of H-pyrrole nitrogens is 1. The largest absolute Gasteiger partial charge is 0.494 e. The molecule has 1 aromatic carbocycles. The number of hydrogen-bond donors (Lipinski definition) is 3. The van der Waals surface area contributed by atoms with Gasteiger partial charge in [0.15, 0.2) is 0 Å². The summed E-state index contributed by atoms with van der Waals surface area (Å²) in [6.07, 6.45) is 4.25. The van der Waals surface area contributed by atoms with E-state index in [1.54, 1.807) is 0 Å². The monoisotopic (exact) mass is 276 g/mol. The number of aromatic nitrogens is 1. The number of rotatable bonds is 7. The normalized spacial score (nSPS) is 12.5. The SMILES string of the molecule is CCCCOc1ccc2c(C[C@H](N)C(=O)O)c[nH]c2c1. The number of carboxylic acids is 1. The predicted molar refractivity (Wildman–Crippen MR) is 78.0 cm³/mol. The molecule has 20 heavy (non-hydrogen) atoms. The number of carbonyl (C=O) groups is 1. The van der Waals surface area contributed by atoms with Crippen molar-refractivity contribution in [3.05, 3.63) is 30.0 Å². The van der Waals surface area contributed by atoms with Crippen LogP contribution in [0.1, 0.15) is 25.3 Å². The lowest BCUT2D eigenvalue weighted by atomic mass is 10.1. The van der Waals surface area contributed by atoms with Crippen LogP contribution in [0.25, 0.3) is 10.9 Å². The summed E-state index contributed by atoms with van der Waals surface area (Å²) in [7, 11) is 0. The molecule has 1 atom stereocenters. The van der Waals surface area contributed by atoms with Crippen LogP contribution in [0.5, 0.6) is 5.75 Å². The summed E-state index contributed by atoms with van der Waals surface area (Å²) in [5.41, 5.74) is 7.42. The van der Waals surface area contributed by atoms with Gasteiger partial charge < -0.3 is 20.6 Å². The number of nitrogens with one attached hydrogen (secondary N) is 1. The van der Waals surface area contributed by atoms with Gasteiger partial charge in [-0.15, -0.1) is 0 Å². The van der Waals surface area contributed by atoms with Gasteiger partial charge in [0, 0.05) is 29.6 Å². The second kappa shape index (κ2) is 6.43. The molecule has 108 valence electrons. The van der Waals surface area contributed by atoms with Crippen molar-refractivity contribution in [2.24, 2.45) is 5.73 Å². The van der Waals surface area contributed by atoms with Gasteiger partial charge in [0.1, 0.15) is 11.8 Å². The highest BCUT2D eigenvalue weighted by molar-refractivity contribution is 5.85. The number of fused-ring (bicyclic) bond motifs is 1. The van der Waals surface area contributed by atoms with Crippen molar-refractivity contribution in [2.75, 3.05) is 6.61 Å². The summed E-state index contributed by atoms with van der Waals surface area (Å²) in [6.45, 7) is 2.83. The number of nitrogens with two attached hydrogens (primary N) is 1. The fourth-order valence-electron chi connectivity index (χ4n) is 2.08. The molecule has 1 aromatic heterocycles. The Balaban J connectivity index is 2.14. The van der Waals surface area contributed by atoms with Crippen molar-refractivity contribution < 1.29 is 14.6 Å². The fraction of sp³-hybridized carbons (Fsp3) is 0.400. The number of carboxylic acid groups (broad SMARTS) is 1. The molecular weight excluding hydrogens is 256 g/mol. The van der Waals surface area contributed by atoms with Gasteiger partial charge in [-0.25, -0.2) is 0 Å². The molecule has 0 saturated carbocycles. The second-order valence-corrected chi connectivity index (χ2v) is 4.87. The van der Waals surface area contributed by atoms with Crippen molar-refractivity contribution >= 4 is 16.9 Å². The Morgan fingerprint density at radius 3 is 3.00 bits per heavy atom. The van der Waals surface area contributed by atoms with Gasteiger partial charge in [-0.3, -0.25) is 4.79 Å². The van der Waals surface area contributed by atoms with Crippen LogP contribution in [-0.4, -0.2) is 28.7 Å². The maximum absolute atomic E-state index is 10.8. The Morgan fingerprint density at radius 1 is 1.50 bits per heavy atom. The summed E-state index contributed by atoms with van der Waals surface area (Å²) in [4.78, 5) is 13.9. The van der Waals surface area contributed by atoms with E-state index < -0.39 is 12.0 Å². The Morgan fingerprint density at radius 2 is 2.30 bits per heavy atom. The zero-order valence-corrected chi connectivity index (χ0v) is 11.6. The standard InChI is InChI=1S/C15H20N2O3/c1-2-3-6-20-11-4-5-12-10(7-13(16)15(18)19)9-17-14(12)8-11/h4-5,8-9,13,17H,2-3,6-7,16H2,1H3,(H,18,19)/t13-/m0/s1. The van der Waals surface area contributed by atoms with Gasteiger partial charge in [-0.05, 0) is 24.1 Å². The van der Waals surface area contributed by atoms with Crippen molar-refractivity contribution in [3.63, 3.8) is 0 Å². The highest BCUT2D eigenvalue weighted by atomic mass is 16.5. The lowest BCUT2D eigenvalue weighted by Crippen LogP contribution is -2.32. The Hall–Kier alpha value is -2.01. The lowest BCUT2D eigenvalue weighted by Gasteiger charge is -2.07. The minimum absolute atomic E-state index is 0.311. The van der Waals surface area contributed by atoms with E-state index in [0.29, 0.717) is 13.0 Å². The zero-order chi connectivity index (χ0) is 14.5. The molecule has 2 aromatic rings. The number of benzene rings is 1. The van der Waals surface area contributed by atoms with Crippen LogP contribution >= 0.6 is 0 Å². The van der Waals surface area contributed by atoms with Crippen LogP contribution in [0.3, 0.4) is 0 Å². The molecule has 1 heterocycles. The average Bonchev–Trinajstić information content (AvgIpc) is 2.81. The van der Waals surface area contributed by atoms with Crippen LogP contribution in [0.15, 0.2) is 24.4 Å². The molecule has 0 aliphatic carbocycles. The lowest BCUT2D eigenvalue weighted by molar-refractivity contribution is -0.138. The summed E-state index contributed by atoms with van der Waals surface area (Å²) in [6, 6.07) is 4.90. The van der Waals surface area contributed by atoms with Gasteiger partial charge in [-0.1, -0.05) is 13.3 Å². The number of aliphatic carboxylic acids is 1. The summed E-state index contributed by atoms with van der Waals surface area (Å²) in [5, 5.41) is 9.85. The van der Waals surface area contributed by atoms with Gasteiger partial charge in [-0.2, -0.15) is 0 Å². The topological polar surface area (TPSA) is 88.3 Å². The first kappa shape index (κ1) is 14.4. The minimum Gasteiger partial charge on any atom is -0.494 e. The van der Waals surface area contributed by atoms with Crippen molar-refractivity contribution in [1.82, 2.24) is 4.98 Å². The fourth-order valence-corrected chi connectivity index (χ4v) is 2.08. The smallest absolute Gasteiger partial charge is 0.320 e. The van der Waals surface area contributed by atoms with E-state index in [4.69, 9.17) is 15.6 Å². The number of aromatic amines is 1. The first-order valence-electron chi connectivity index (χ1n) is 6.83. The van der Waals surface area contributed by atoms with Gasteiger partial charge in [0.05, 0.1) is 6.61 Å². The summed E-state index contributed by atoms with van der Waals surface area (Å²) < 4.78 is 5.64. The summed E-state index contributed by atoms with van der Waals surface area (Å²) in [5.74, 6) is -0.166. The van der Waals surface area contributed by atoms with Crippen molar-refractivity contribution in [2.45, 2.75) is 32.2 Å². The van der Waals surface area contributed by atoms with Gasteiger partial charge in [0.2, 0.25) is 0 Å². The first-order chi connectivity index (χ1) is 9.61. The molecule has 0 aliphatic heterocycles. The van der Waals surface area contributed by atoms with E-state index in [-0.39, 0.29) is 0 Å². The van der Waals surface area contributed by atoms with Crippen LogP contribution in [0.4, 0.5) is 0 Å². The highest BCUT2D eigenvalue weighted by Gasteiger charge is 2.15. The number of unbranched alkanes of at least 4 members (excludes halogenated alkanes) is 1. The minimum atomic E-state index is -0.987. The molecule has 0 aliphatic rings. The molecule has 0 spiro atoms. The molecule has 0 fully saturated rings. The average molecular weight is 276 g/mol. The third-order valence-corrected chi connectivity index (χ3v) is 3.26. The van der Waals surface area contributed by atoms with Gasteiger partial charge >= 0.3 is 5.97 Å². The molecule has 2 rings (SSSR count). The molecule has 0 radical (unpaired) electrons. The van der Waals surface area contributed by atoms with Gasteiger partial charge in [0.25, 0.3) is 0 Å². The zero-order valence-electron chi connectivity index (χ0n) is 11.6. The van der Waals surface area contributed by atoms with Crippen molar-refractivity contribution in [3.8, 4) is 5.75 Å². The van der Waals surface area contributed by atoms with E-state index in [9.17, 15) is 4.79 Å². The second-order valence-electron chi connectivity index (χ2n) is 4.87. The number of ether oxygens (including phenoxy) is 1. The number of hydrogen-bond acceptors (Lipinski definition) is 3. The molecule has 5 heteroatoms. The third-order valence-electron chi connectivity index (χ3n) is 3.26. The molecule has 5 nitrogen and oxygen atoms in total. The molecule has 4 N–H and O–H groups in total. The molecule has 0 saturated heterocycles. The molecule has 0 bridgehead atoms. The van der Waals surface area contributed by atoms with Crippen LogP contribution in [0.2, 0.25) is 0 Å². The Kier molecular flexibility index (Phi) is 4.63. The van der Waals surface area contributed by atoms with E-state index in [2.05, 4.69) is 11.9 Å². The first-order valence-corrected chi connectivity index (χ1v) is 6.83. The maximum atomic E-state index is 10.8. The van der Waals surface area contributed by atoms with E-state index in [1.165, 1.54) is 0 Å². The molecule has 0 amide bonds. The summed E-state index contributed by atoms with van der Waals surface area (Å²) >= 11 is 0. The Bertz CT molecular complexity index is 592. The highest BCUT2D eigenvalue weighted by Crippen LogP contribution is 2.24. The predicted octanol–water partition coefficient (Wildman–Crippen LogP) is 2.30. The third kappa shape index (κ3) is 3.30. The molecule has 0 unspecified atom stereocenters. The maximum Gasteiger partial charge on any atom is 0.320 e. The quantitative estimate of drug-likeness (QED) is 0.677. The van der Waals surface area contributed by atoms with E-state index in [0.717, 1.165) is 35.1 Å². The van der Waals surface area contributed by atoms with Crippen LogP contribution in [0, 0.1) is 0 Å². The Labute approximate surface area is 117 Å².